The maximum atomic E-state index is 11.8. The van der Waals surface area contributed by atoms with Gasteiger partial charge in [0.05, 0.1) is 0 Å². The number of hydrogen-bond donors (Lipinski definition) is 0. The molecule has 3 heteroatoms. The Bertz CT molecular complexity index is 47.7. The van der Waals surface area contributed by atoms with Gasteiger partial charge < -0.3 is 4.32 Å². The SMILES string of the molecule is BCC(C)(C)BF. The predicted molar refractivity (Wildman–Crippen MR) is 35.6 cm³/mol. The van der Waals surface area contributed by atoms with Gasteiger partial charge in [0.15, 0.2) is 0 Å². The molecule has 40 valence electrons. The van der Waals surface area contributed by atoms with Gasteiger partial charge in [0, 0.05) is 0 Å². The smallest absolute Gasteiger partial charge is 0.336 e. The van der Waals surface area contributed by atoms with Gasteiger partial charge >= 0.3 is 7.56 Å². The number of halogens is 1. The van der Waals surface area contributed by atoms with Crippen molar-refractivity contribution >= 4 is 15.4 Å². The molecule has 0 aromatic rings. The quantitative estimate of drug-likeness (QED) is 0.444. The van der Waals surface area contributed by atoms with Crippen LogP contribution in [0.5, 0.6) is 0 Å². The Kier molecular flexibility index (Phi) is 2.41. The molecule has 0 spiro atoms. The Balaban J connectivity index is 3.36. The molecule has 0 bridgehead atoms. The highest BCUT2D eigenvalue weighted by atomic mass is 19.1. The Morgan fingerprint density at radius 3 is 2.14 bits per heavy atom. The van der Waals surface area contributed by atoms with E-state index in [1.807, 2.05) is 21.7 Å². The maximum Gasteiger partial charge on any atom is 0.336 e. The second kappa shape index (κ2) is 2.39. The van der Waals surface area contributed by atoms with Gasteiger partial charge in [0.25, 0.3) is 0 Å². The molecule has 0 atom stereocenters. The summed E-state index contributed by atoms with van der Waals surface area (Å²) in [6, 6.07) is 0. The first-order valence-corrected chi connectivity index (χ1v) is 2.68. The first-order valence-electron chi connectivity index (χ1n) is 2.68. The number of hydrogen-bond acceptors (Lipinski definition) is 0. The Morgan fingerprint density at radius 1 is 1.71 bits per heavy atom. The summed E-state index contributed by atoms with van der Waals surface area (Å²) < 4.78 is 11.8. The third kappa shape index (κ3) is 2.72. The van der Waals surface area contributed by atoms with E-state index in [4.69, 9.17) is 0 Å². The molecule has 0 aliphatic carbocycles. The highest BCUT2D eigenvalue weighted by Crippen LogP contribution is 2.25. The Morgan fingerprint density at radius 2 is 2.14 bits per heavy atom. The van der Waals surface area contributed by atoms with Gasteiger partial charge in [-0.1, -0.05) is 20.2 Å². The average molecular weight is 99.8 g/mol. The van der Waals surface area contributed by atoms with Crippen molar-refractivity contribution in [1.82, 2.24) is 0 Å². The zero-order chi connectivity index (χ0) is 5.91. The van der Waals surface area contributed by atoms with Crippen LogP contribution in [0, 0.1) is 0 Å². The van der Waals surface area contributed by atoms with Gasteiger partial charge in [-0.25, -0.2) is 0 Å². The van der Waals surface area contributed by atoms with Crippen LogP contribution in [0.4, 0.5) is 4.32 Å². The Hall–Kier alpha value is 0.0599. The topological polar surface area (TPSA) is 0 Å². The molecule has 0 heterocycles. The van der Waals surface area contributed by atoms with E-state index in [0.29, 0.717) is 0 Å². The Labute approximate surface area is 46.2 Å². The van der Waals surface area contributed by atoms with Crippen LogP contribution >= 0.6 is 0 Å². The van der Waals surface area contributed by atoms with Crippen molar-refractivity contribution in [2.45, 2.75) is 25.5 Å². The van der Waals surface area contributed by atoms with E-state index in [0.717, 1.165) is 6.32 Å². The first kappa shape index (κ1) is 7.06. The summed E-state index contributed by atoms with van der Waals surface area (Å²) in [6.07, 6.45) is 0.920. The van der Waals surface area contributed by atoms with Crippen LogP contribution in [0.2, 0.25) is 11.6 Å². The highest BCUT2D eigenvalue weighted by Gasteiger charge is 2.15. The zero-order valence-corrected chi connectivity index (χ0v) is 5.29. The van der Waals surface area contributed by atoms with Crippen molar-refractivity contribution in [3.05, 3.63) is 0 Å². The van der Waals surface area contributed by atoms with E-state index in [2.05, 4.69) is 0 Å². The second-order valence-electron chi connectivity index (χ2n) is 2.65. The number of rotatable bonds is 2. The summed E-state index contributed by atoms with van der Waals surface area (Å²) in [5, 5.41) is -0.0833. The lowest BCUT2D eigenvalue weighted by Gasteiger charge is -2.14. The molecule has 0 aromatic carbocycles. The van der Waals surface area contributed by atoms with Gasteiger partial charge in [-0.3, -0.25) is 0 Å². The van der Waals surface area contributed by atoms with Crippen molar-refractivity contribution in [2.75, 3.05) is 0 Å². The normalized spacial score (nSPS) is 11.3. The van der Waals surface area contributed by atoms with Gasteiger partial charge in [-0.05, 0) is 5.31 Å². The molecule has 0 saturated carbocycles. The minimum absolute atomic E-state index is 0.0833. The minimum Gasteiger partial charge on any atom is -0.341 e. The largest absolute Gasteiger partial charge is 0.341 e. The molecule has 0 saturated heterocycles. The van der Waals surface area contributed by atoms with Gasteiger partial charge in [-0.15, -0.1) is 0 Å². The van der Waals surface area contributed by atoms with E-state index < -0.39 is 0 Å². The van der Waals surface area contributed by atoms with Crippen LogP contribution in [-0.4, -0.2) is 15.4 Å². The first-order chi connectivity index (χ1) is 3.12. The van der Waals surface area contributed by atoms with Crippen molar-refractivity contribution in [3.8, 4) is 0 Å². The van der Waals surface area contributed by atoms with Gasteiger partial charge in [0.1, 0.15) is 7.85 Å². The van der Waals surface area contributed by atoms with Crippen molar-refractivity contribution in [1.29, 1.82) is 0 Å². The molecule has 0 aliphatic heterocycles. The summed E-state index contributed by atoms with van der Waals surface area (Å²) in [5.74, 6) is 0. The molecule has 0 nitrogen and oxygen atoms in total. The van der Waals surface area contributed by atoms with E-state index >= 15 is 0 Å². The molecular formula is C4H11B2F. The van der Waals surface area contributed by atoms with Gasteiger partial charge in [-0.2, -0.15) is 0 Å². The van der Waals surface area contributed by atoms with Gasteiger partial charge in [0.2, 0.25) is 0 Å². The second-order valence-corrected chi connectivity index (χ2v) is 2.65. The van der Waals surface area contributed by atoms with Crippen molar-refractivity contribution in [2.24, 2.45) is 0 Å². The van der Waals surface area contributed by atoms with Crippen LogP contribution < -0.4 is 0 Å². The molecule has 0 N–H and O–H groups in total. The molecule has 0 fully saturated rings. The minimum atomic E-state index is -0.205. The van der Waals surface area contributed by atoms with Crippen molar-refractivity contribution < 1.29 is 4.32 Å². The zero-order valence-electron chi connectivity index (χ0n) is 5.29. The molecule has 7 heavy (non-hydrogen) atoms. The van der Waals surface area contributed by atoms with Crippen LogP contribution in [0.3, 0.4) is 0 Å². The molecule has 0 amide bonds. The van der Waals surface area contributed by atoms with Crippen LogP contribution in [0.1, 0.15) is 13.8 Å². The van der Waals surface area contributed by atoms with Crippen molar-refractivity contribution in [3.63, 3.8) is 0 Å². The average Bonchev–Trinajstić information content (AvgIpc) is 1.68. The summed E-state index contributed by atoms with van der Waals surface area (Å²) in [5.41, 5.74) is 0. The fraction of sp³-hybridized carbons (Fsp3) is 1.00. The molecule has 0 aromatic heterocycles. The lowest BCUT2D eigenvalue weighted by Crippen LogP contribution is -2.06. The highest BCUT2D eigenvalue weighted by molar-refractivity contribution is 6.33. The van der Waals surface area contributed by atoms with E-state index in [-0.39, 0.29) is 12.9 Å². The van der Waals surface area contributed by atoms with Crippen LogP contribution in [0.15, 0.2) is 0 Å². The lowest BCUT2D eigenvalue weighted by molar-refractivity contribution is 0.681. The summed E-state index contributed by atoms with van der Waals surface area (Å²) in [4.78, 5) is 0. The van der Waals surface area contributed by atoms with Crippen LogP contribution in [0.25, 0.3) is 0 Å². The van der Waals surface area contributed by atoms with E-state index in [1.54, 1.807) is 0 Å². The van der Waals surface area contributed by atoms with Crippen LogP contribution in [-0.2, 0) is 0 Å². The molecule has 0 unspecified atom stereocenters. The molecule has 0 rings (SSSR count). The summed E-state index contributed by atoms with van der Waals surface area (Å²) in [6.45, 7) is 3.85. The molecule has 0 aliphatic rings. The fourth-order valence-electron chi connectivity index (χ4n) is 0.0945. The van der Waals surface area contributed by atoms with E-state index in [1.165, 1.54) is 0 Å². The molecule has 0 radical (unpaired) electrons. The molecular weight excluding hydrogens is 88.7 g/mol. The summed E-state index contributed by atoms with van der Waals surface area (Å²) in [7, 11) is 1.79. The fourth-order valence-corrected chi connectivity index (χ4v) is 0.0945. The third-order valence-corrected chi connectivity index (χ3v) is 1.32. The monoisotopic (exact) mass is 100 g/mol. The lowest BCUT2D eigenvalue weighted by atomic mass is 9.62. The summed E-state index contributed by atoms with van der Waals surface area (Å²) >= 11 is 0. The third-order valence-electron chi connectivity index (χ3n) is 1.32. The predicted octanol–water partition coefficient (Wildman–Crippen LogP) is 0.557. The standard InChI is InChI=1S/C4H11B2F/c1-4(2,3-5)6-7/h6H,3,5H2,1-2H3. The maximum absolute atomic E-state index is 11.8. The van der Waals surface area contributed by atoms with E-state index in [9.17, 15) is 4.32 Å².